The molecular weight excluding hydrogens is 396 g/mol. The highest BCUT2D eigenvalue weighted by Gasteiger charge is 2.10. The Bertz CT molecular complexity index is 944. The van der Waals surface area contributed by atoms with E-state index in [-0.39, 0.29) is 11.4 Å². The van der Waals surface area contributed by atoms with Crippen LogP contribution in [-0.4, -0.2) is 11.3 Å². The number of hydrogen-bond donors (Lipinski definition) is 0. The lowest BCUT2D eigenvalue weighted by Gasteiger charge is -2.06. The van der Waals surface area contributed by atoms with Gasteiger partial charge >= 0.3 is 5.97 Å². The maximum absolute atomic E-state index is 12.6. The standard InChI is InChI=1S/C21H19BrO4/c22-13-5-1-2-8-20(23)26-16-11-9-15(10-12-16)18-14-25-19-7-4-3-6-17(19)21(18)24/h3-4,6-7,9-12,14H,1-2,5,8,13H2. The highest BCUT2D eigenvalue weighted by Crippen LogP contribution is 2.22. The zero-order valence-corrected chi connectivity index (χ0v) is 15.8. The quantitative estimate of drug-likeness (QED) is 0.227. The van der Waals surface area contributed by atoms with Crippen LogP contribution in [0.2, 0.25) is 0 Å². The molecule has 0 N–H and O–H groups in total. The Morgan fingerprint density at radius 1 is 1.00 bits per heavy atom. The molecule has 4 nitrogen and oxygen atoms in total. The number of esters is 1. The number of para-hydroxylation sites is 1. The van der Waals surface area contributed by atoms with Gasteiger partial charge in [-0.05, 0) is 42.7 Å². The van der Waals surface area contributed by atoms with E-state index in [4.69, 9.17) is 9.15 Å². The zero-order valence-electron chi connectivity index (χ0n) is 14.2. The summed E-state index contributed by atoms with van der Waals surface area (Å²) in [6.07, 6.45) is 4.74. The molecule has 134 valence electrons. The van der Waals surface area contributed by atoms with Crippen LogP contribution < -0.4 is 10.2 Å². The van der Waals surface area contributed by atoms with Crippen molar-refractivity contribution >= 4 is 32.9 Å². The number of fused-ring (bicyclic) bond motifs is 1. The minimum Gasteiger partial charge on any atom is -0.463 e. The SMILES string of the molecule is O=C(CCCCCBr)Oc1ccc(-c2coc3ccccc3c2=O)cc1. The zero-order chi connectivity index (χ0) is 18.4. The van der Waals surface area contributed by atoms with Crippen LogP contribution in [0.5, 0.6) is 5.75 Å². The van der Waals surface area contributed by atoms with Gasteiger partial charge in [-0.1, -0.05) is 46.6 Å². The predicted octanol–water partition coefficient (Wildman–Crippen LogP) is 5.32. The number of carbonyl (C=O) groups excluding carboxylic acids is 1. The van der Waals surface area contributed by atoms with E-state index in [0.717, 1.165) is 30.2 Å². The van der Waals surface area contributed by atoms with E-state index in [0.29, 0.717) is 28.7 Å². The molecule has 0 saturated carbocycles. The second kappa shape index (κ2) is 8.81. The molecule has 0 radical (unpaired) electrons. The van der Waals surface area contributed by atoms with Gasteiger partial charge in [0, 0.05) is 11.8 Å². The van der Waals surface area contributed by atoms with E-state index < -0.39 is 0 Å². The number of halogens is 1. The lowest BCUT2D eigenvalue weighted by atomic mass is 10.1. The van der Waals surface area contributed by atoms with E-state index in [9.17, 15) is 9.59 Å². The van der Waals surface area contributed by atoms with Crippen molar-refractivity contribution in [2.45, 2.75) is 25.7 Å². The summed E-state index contributed by atoms with van der Waals surface area (Å²) in [5.74, 6) is 0.238. The number of rotatable bonds is 7. The first-order chi connectivity index (χ1) is 12.7. The number of alkyl halides is 1. The minimum atomic E-state index is -0.238. The van der Waals surface area contributed by atoms with E-state index in [1.165, 1.54) is 6.26 Å². The third-order valence-electron chi connectivity index (χ3n) is 4.09. The Hall–Kier alpha value is -2.40. The van der Waals surface area contributed by atoms with Gasteiger partial charge in [-0.15, -0.1) is 0 Å². The van der Waals surface area contributed by atoms with Crippen molar-refractivity contribution in [2.24, 2.45) is 0 Å². The maximum Gasteiger partial charge on any atom is 0.311 e. The molecule has 0 aliphatic carbocycles. The lowest BCUT2D eigenvalue weighted by Crippen LogP contribution is -2.08. The van der Waals surface area contributed by atoms with Crippen LogP contribution in [0.4, 0.5) is 0 Å². The van der Waals surface area contributed by atoms with E-state index in [1.807, 2.05) is 12.1 Å². The third kappa shape index (κ3) is 4.41. The first-order valence-electron chi connectivity index (χ1n) is 8.56. The van der Waals surface area contributed by atoms with E-state index in [1.54, 1.807) is 36.4 Å². The summed E-state index contributed by atoms with van der Waals surface area (Å²) in [6, 6.07) is 14.1. The summed E-state index contributed by atoms with van der Waals surface area (Å²) < 4.78 is 10.9. The minimum absolute atomic E-state index is 0.0802. The van der Waals surface area contributed by atoms with Gasteiger partial charge in [0.25, 0.3) is 0 Å². The fraction of sp³-hybridized carbons (Fsp3) is 0.238. The van der Waals surface area contributed by atoms with Crippen LogP contribution in [0.15, 0.2) is 64.0 Å². The normalized spacial score (nSPS) is 10.8. The van der Waals surface area contributed by atoms with Crippen LogP contribution in [0.1, 0.15) is 25.7 Å². The molecule has 0 aliphatic rings. The monoisotopic (exact) mass is 414 g/mol. The Morgan fingerprint density at radius 2 is 1.77 bits per heavy atom. The Kier molecular flexibility index (Phi) is 6.23. The summed E-state index contributed by atoms with van der Waals surface area (Å²) in [4.78, 5) is 24.4. The van der Waals surface area contributed by atoms with E-state index >= 15 is 0 Å². The first kappa shape index (κ1) is 18.4. The largest absolute Gasteiger partial charge is 0.463 e. The fourth-order valence-electron chi connectivity index (χ4n) is 2.70. The van der Waals surface area contributed by atoms with Crippen LogP contribution in [0.25, 0.3) is 22.1 Å². The van der Waals surface area contributed by atoms with Gasteiger partial charge < -0.3 is 9.15 Å². The predicted molar refractivity (Wildman–Crippen MR) is 106 cm³/mol. The second-order valence-electron chi connectivity index (χ2n) is 5.97. The molecule has 0 atom stereocenters. The molecule has 0 amide bonds. The average molecular weight is 415 g/mol. The highest BCUT2D eigenvalue weighted by molar-refractivity contribution is 9.09. The van der Waals surface area contributed by atoms with Crippen molar-refractivity contribution in [3.8, 4) is 16.9 Å². The number of unbranched alkanes of at least 4 members (excludes halogenated alkanes) is 2. The summed E-state index contributed by atoms with van der Waals surface area (Å²) in [5, 5.41) is 1.50. The van der Waals surface area contributed by atoms with Gasteiger partial charge in [0.05, 0.1) is 10.9 Å². The first-order valence-corrected chi connectivity index (χ1v) is 9.69. The van der Waals surface area contributed by atoms with Gasteiger partial charge in [-0.2, -0.15) is 0 Å². The van der Waals surface area contributed by atoms with Crippen molar-refractivity contribution < 1.29 is 13.9 Å². The van der Waals surface area contributed by atoms with Crippen LogP contribution in [0, 0.1) is 0 Å². The molecule has 0 saturated heterocycles. The van der Waals surface area contributed by atoms with Crippen molar-refractivity contribution in [3.63, 3.8) is 0 Å². The van der Waals surface area contributed by atoms with Gasteiger partial charge in [0.1, 0.15) is 17.6 Å². The Morgan fingerprint density at radius 3 is 2.54 bits per heavy atom. The van der Waals surface area contributed by atoms with Crippen molar-refractivity contribution in [1.29, 1.82) is 0 Å². The molecule has 2 aromatic carbocycles. The number of hydrogen-bond acceptors (Lipinski definition) is 4. The summed E-state index contributed by atoms with van der Waals surface area (Å²) in [7, 11) is 0. The molecule has 5 heteroatoms. The molecule has 0 spiro atoms. The van der Waals surface area contributed by atoms with E-state index in [2.05, 4.69) is 15.9 Å². The van der Waals surface area contributed by atoms with Crippen LogP contribution in [-0.2, 0) is 4.79 Å². The molecular formula is C21H19BrO4. The van der Waals surface area contributed by atoms with Crippen molar-refractivity contribution in [1.82, 2.24) is 0 Å². The lowest BCUT2D eigenvalue weighted by molar-refractivity contribution is -0.134. The van der Waals surface area contributed by atoms with Crippen LogP contribution >= 0.6 is 15.9 Å². The molecule has 0 unspecified atom stereocenters. The Labute approximate surface area is 159 Å². The molecule has 1 heterocycles. The molecule has 3 aromatic rings. The summed E-state index contributed by atoms with van der Waals surface area (Å²) in [6.45, 7) is 0. The van der Waals surface area contributed by atoms with Gasteiger partial charge in [0.15, 0.2) is 5.43 Å². The molecule has 3 rings (SSSR count). The fourth-order valence-corrected chi connectivity index (χ4v) is 3.10. The summed E-state index contributed by atoms with van der Waals surface area (Å²) >= 11 is 3.37. The second-order valence-corrected chi connectivity index (χ2v) is 6.77. The number of benzene rings is 2. The average Bonchev–Trinajstić information content (AvgIpc) is 2.67. The molecule has 26 heavy (non-hydrogen) atoms. The third-order valence-corrected chi connectivity index (χ3v) is 4.65. The highest BCUT2D eigenvalue weighted by atomic mass is 79.9. The smallest absolute Gasteiger partial charge is 0.311 e. The number of ether oxygens (including phenoxy) is 1. The molecule has 0 fully saturated rings. The van der Waals surface area contributed by atoms with Gasteiger partial charge in [-0.25, -0.2) is 0 Å². The Balaban J connectivity index is 1.71. The topological polar surface area (TPSA) is 56.5 Å². The van der Waals surface area contributed by atoms with Crippen molar-refractivity contribution in [3.05, 3.63) is 65.0 Å². The summed E-state index contributed by atoms with van der Waals surface area (Å²) in [5.41, 5.74) is 1.69. The van der Waals surface area contributed by atoms with Crippen LogP contribution in [0.3, 0.4) is 0 Å². The molecule has 0 bridgehead atoms. The molecule has 1 aromatic heterocycles. The van der Waals surface area contributed by atoms with Gasteiger partial charge in [-0.3, -0.25) is 9.59 Å². The van der Waals surface area contributed by atoms with Crippen molar-refractivity contribution in [2.75, 3.05) is 5.33 Å². The maximum atomic E-state index is 12.6. The molecule has 0 aliphatic heterocycles. The number of carbonyl (C=O) groups is 1. The van der Waals surface area contributed by atoms with Gasteiger partial charge in [0.2, 0.25) is 0 Å².